The number of nitrogens with one attached hydrogen (secondary N) is 2. The number of thiocarbonyl (C=S) groups is 1. The lowest BCUT2D eigenvalue weighted by Crippen LogP contribution is -2.42. The molecule has 8 nitrogen and oxygen atoms in total. The van der Waals surface area contributed by atoms with Crippen molar-refractivity contribution in [3.63, 3.8) is 0 Å². The minimum atomic E-state index is -3.59. The van der Waals surface area contributed by atoms with Gasteiger partial charge in [0.05, 0.1) is 23.1 Å². The van der Waals surface area contributed by atoms with E-state index in [0.29, 0.717) is 42.8 Å². The van der Waals surface area contributed by atoms with Crippen LogP contribution in [0.15, 0.2) is 47.4 Å². The Bertz CT molecular complexity index is 1090. The van der Waals surface area contributed by atoms with Crippen molar-refractivity contribution in [2.75, 3.05) is 31.6 Å². The molecule has 1 saturated heterocycles. The summed E-state index contributed by atoms with van der Waals surface area (Å²) in [5.74, 6) is -0.172. The van der Waals surface area contributed by atoms with Crippen molar-refractivity contribution in [3.8, 4) is 5.75 Å². The molecular weight excluding hydrogens is 497 g/mol. The molecule has 0 aliphatic carbocycles. The molecule has 0 spiro atoms. The third-order valence-corrected chi connectivity index (χ3v) is 7.17. The first-order valence-corrected chi connectivity index (χ1v) is 12.2. The number of rotatable bonds is 6. The Hall–Kier alpha value is -1.95. The fraction of sp³-hybridized carbons (Fsp3) is 0.300. The van der Waals surface area contributed by atoms with Gasteiger partial charge >= 0.3 is 0 Å². The molecule has 172 valence electrons. The van der Waals surface area contributed by atoms with Crippen LogP contribution in [0.3, 0.4) is 0 Å². The van der Waals surface area contributed by atoms with E-state index in [2.05, 4.69) is 10.6 Å². The van der Waals surface area contributed by atoms with Crippen molar-refractivity contribution < 1.29 is 22.7 Å². The minimum Gasteiger partial charge on any atom is -0.479 e. The third kappa shape index (κ3) is 6.31. The molecule has 0 unspecified atom stereocenters. The van der Waals surface area contributed by atoms with Crippen LogP contribution in [0.5, 0.6) is 5.75 Å². The molecule has 3 rings (SSSR count). The van der Waals surface area contributed by atoms with E-state index in [9.17, 15) is 13.2 Å². The van der Waals surface area contributed by atoms with Crippen LogP contribution in [0.1, 0.15) is 6.92 Å². The molecule has 1 heterocycles. The molecule has 2 aromatic carbocycles. The third-order valence-electron chi connectivity index (χ3n) is 4.52. The van der Waals surface area contributed by atoms with Gasteiger partial charge in [0, 0.05) is 23.8 Å². The number of amides is 1. The number of ether oxygens (including phenoxy) is 2. The molecular formula is C20H21Cl2N3O5S2. The van der Waals surface area contributed by atoms with Gasteiger partial charge in [-0.25, -0.2) is 8.42 Å². The Kier molecular flexibility index (Phi) is 8.32. The van der Waals surface area contributed by atoms with Crippen LogP contribution >= 0.6 is 35.4 Å². The van der Waals surface area contributed by atoms with E-state index >= 15 is 0 Å². The lowest BCUT2D eigenvalue weighted by Gasteiger charge is -2.26. The fourth-order valence-electron chi connectivity index (χ4n) is 2.84. The molecule has 1 atom stereocenters. The van der Waals surface area contributed by atoms with Gasteiger partial charge in [-0.2, -0.15) is 4.31 Å². The summed E-state index contributed by atoms with van der Waals surface area (Å²) < 4.78 is 37.5. The first-order valence-electron chi connectivity index (χ1n) is 9.58. The summed E-state index contributed by atoms with van der Waals surface area (Å²) >= 11 is 17.1. The van der Waals surface area contributed by atoms with Gasteiger partial charge in [-0.05, 0) is 61.6 Å². The molecule has 0 radical (unpaired) electrons. The number of nitrogens with zero attached hydrogens (tertiary/aromatic N) is 1. The van der Waals surface area contributed by atoms with Gasteiger partial charge in [-0.3, -0.25) is 10.1 Å². The number of sulfonamides is 1. The van der Waals surface area contributed by atoms with Crippen LogP contribution in [0.4, 0.5) is 5.69 Å². The SMILES string of the molecule is C[C@H](Oc1ccc(Cl)cc1Cl)C(=O)NC(=S)Nc1ccc(S(=O)(=O)N2CCOCC2)cc1. The van der Waals surface area contributed by atoms with Crippen molar-refractivity contribution in [1.82, 2.24) is 9.62 Å². The quantitative estimate of drug-likeness (QED) is 0.567. The number of carbonyl (C=O) groups is 1. The van der Waals surface area contributed by atoms with Crippen molar-refractivity contribution >= 4 is 62.2 Å². The number of hydrogen-bond acceptors (Lipinski definition) is 6. The van der Waals surface area contributed by atoms with E-state index < -0.39 is 22.0 Å². The number of anilines is 1. The summed E-state index contributed by atoms with van der Waals surface area (Å²) in [6, 6.07) is 10.8. The van der Waals surface area contributed by atoms with Crippen LogP contribution in [0.2, 0.25) is 10.0 Å². The van der Waals surface area contributed by atoms with Gasteiger partial charge in [0.25, 0.3) is 5.91 Å². The number of carbonyl (C=O) groups excluding carboxylic acids is 1. The van der Waals surface area contributed by atoms with Crippen LogP contribution in [0.25, 0.3) is 0 Å². The summed E-state index contributed by atoms with van der Waals surface area (Å²) in [7, 11) is -3.59. The topological polar surface area (TPSA) is 97.0 Å². The largest absolute Gasteiger partial charge is 0.479 e. The predicted molar refractivity (Wildman–Crippen MR) is 127 cm³/mol. The highest BCUT2D eigenvalue weighted by molar-refractivity contribution is 7.89. The molecule has 0 aromatic heterocycles. The highest BCUT2D eigenvalue weighted by atomic mass is 35.5. The van der Waals surface area contributed by atoms with Gasteiger partial charge in [-0.1, -0.05) is 23.2 Å². The Morgan fingerprint density at radius 3 is 2.44 bits per heavy atom. The summed E-state index contributed by atoms with van der Waals surface area (Å²) in [6.45, 7) is 2.94. The first kappa shape index (κ1) is 24.7. The van der Waals surface area contributed by atoms with E-state index in [-0.39, 0.29) is 15.0 Å². The second-order valence-corrected chi connectivity index (χ2v) is 10.0. The zero-order valence-corrected chi connectivity index (χ0v) is 20.2. The van der Waals surface area contributed by atoms with Crippen LogP contribution < -0.4 is 15.4 Å². The highest BCUT2D eigenvalue weighted by Crippen LogP contribution is 2.28. The molecule has 2 N–H and O–H groups in total. The minimum absolute atomic E-state index is 0.0384. The molecule has 1 amide bonds. The van der Waals surface area contributed by atoms with Crippen molar-refractivity contribution in [1.29, 1.82) is 0 Å². The predicted octanol–water partition coefficient (Wildman–Crippen LogP) is 3.29. The Morgan fingerprint density at radius 2 is 1.81 bits per heavy atom. The number of benzene rings is 2. The second-order valence-electron chi connectivity index (χ2n) is 6.82. The fourth-order valence-corrected chi connectivity index (χ4v) is 4.92. The molecule has 12 heteroatoms. The average Bonchev–Trinajstić information content (AvgIpc) is 2.76. The maximum Gasteiger partial charge on any atom is 0.266 e. The zero-order valence-electron chi connectivity index (χ0n) is 17.0. The van der Waals surface area contributed by atoms with E-state index in [0.717, 1.165) is 0 Å². The summed E-state index contributed by atoms with van der Waals surface area (Å²) in [5, 5.41) is 6.14. The van der Waals surface area contributed by atoms with Gasteiger partial charge in [-0.15, -0.1) is 0 Å². The smallest absolute Gasteiger partial charge is 0.266 e. The molecule has 1 aliphatic rings. The second kappa shape index (κ2) is 10.8. The summed E-state index contributed by atoms with van der Waals surface area (Å²) in [6.07, 6.45) is -0.880. The lowest BCUT2D eigenvalue weighted by atomic mass is 10.3. The number of morpholine rings is 1. The summed E-state index contributed by atoms with van der Waals surface area (Å²) in [5.41, 5.74) is 0.519. The van der Waals surface area contributed by atoms with Gasteiger partial charge in [0.15, 0.2) is 11.2 Å². The zero-order chi connectivity index (χ0) is 23.3. The molecule has 2 aromatic rings. The average molecular weight is 518 g/mol. The number of hydrogen-bond donors (Lipinski definition) is 2. The van der Waals surface area contributed by atoms with Crippen molar-refractivity contribution in [2.24, 2.45) is 0 Å². The number of halogens is 2. The van der Waals surface area contributed by atoms with E-state index in [1.807, 2.05) is 0 Å². The molecule has 0 bridgehead atoms. The van der Waals surface area contributed by atoms with Crippen LogP contribution in [-0.4, -0.2) is 56.1 Å². The maximum absolute atomic E-state index is 12.7. The molecule has 32 heavy (non-hydrogen) atoms. The summed E-state index contributed by atoms with van der Waals surface area (Å²) in [4.78, 5) is 12.5. The van der Waals surface area contributed by atoms with Gasteiger partial charge in [0.2, 0.25) is 10.0 Å². The Balaban J connectivity index is 1.55. The van der Waals surface area contributed by atoms with Crippen molar-refractivity contribution in [3.05, 3.63) is 52.5 Å². The Labute approximate surface area is 201 Å². The van der Waals surface area contributed by atoms with E-state index in [4.69, 9.17) is 44.9 Å². The lowest BCUT2D eigenvalue weighted by molar-refractivity contribution is -0.125. The van der Waals surface area contributed by atoms with Crippen LogP contribution in [0, 0.1) is 0 Å². The Morgan fingerprint density at radius 1 is 1.16 bits per heavy atom. The van der Waals surface area contributed by atoms with E-state index in [1.165, 1.54) is 22.5 Å². The van der Waals surface area contributed by atoms with Gasteiger partial charge in [0.1, 0.15) is 5.75 Å². The van der Waals surface area contributed by atoms with Crippen molar-refractivity contribution in [2.45, 2.75) is 17.9 Å². The maximum atomic E-state index is 12.7. The van der Waals surface area contributed by atoms with Crippen LogP contribution in [-0.2, 0) is 19.6 Å². The normalized spacial score (nSPS) is 15.6. The van der Waals surface area contributed by atoms with E-state index in [1.54, 1.807) is 31.2 Å². The molecule has 1 aliphatic heterocycles. The molecule has 0 saturated carbocycles. The monoisotopic (exact) mass is 517 g/mol. The van der Waals surface area contributed by atoms with Gasteiger partial charge < -0.3 is 14.8 Å². The highest BCUT2D eigenvalue weighted by Gasteiger charge is 2.26. The standard InChI is InChI=1S/C20H21Cl2N3O5S2/c1-13(30-18-7-2-14(21)12-17(18)22)19(26)24-20(31)23-15-3-5-16(6-4-15)32(27,28)25-8-10-29-11-9-25/h2-7,12-13H,8-11H2,1H3,(H2,23,24,26,31)/t13-/m0/s1. The first-order chi connectivity index (χ1) is 15.2. The molecule has 1 fully saturated rings.